The summed E-state index contributed by atoms with van der Waals surface area (Å²) < 4.78 is 0. The largest absolute Gasteiger partial charge is 0.480 e. The zero-order valence-corrected chi connectivity index (χ0v) is 12.8. The van der Waals surface area contributed by atoms with Crippen LogP contribution in [0.4, 0.5) is 0 Å². The molecular weight excluding hydrogens is 292 g/mol. The van der Waals surface area contributed by atoms with Crippen LogP contribution in [-0.4, -0.2) is 47.4 Å². The highest BCUT2D eigenvalue weighted by Crippen LogP contribution is 2.06. The molecule has 0 aromatic rings. The van der Waals surface area contributed by atoms with Gasteiger partial charge in [-0.05, 0) is 18.8 Å². The van der Waals surface area contributed by atoms with Crippen LogP contribution in [0.1, 0.15) is 33.1 Å². The molecule has 0 bridgehead atoms. The number of carbonyl (C=O) groups is 4. The quantitative estimate of drug-likeness (QED) is 0.322. The molecule has 126 valence electrons. The van der Waals surface area contributed by atoms with Gasteiger partial charge in [-0.25, -0.2) is 4.79 Å². The molecule has 0 aromatic carbocycles. The molecule has 7 N–H and O–H groups in total. The van der Waals surface area contributed by atoms with Crippen molar-refractivity contribution in [3.05, 3.63) is 0 Å². The molecule has 0 rings (SSSR count). The Labute approximate surface area is 128 Å². The number of hydrogen-bond acceptors (Lipinski definition) is 5. The van der Waals surface area contributed by atoms with Gasteiger partial charge in [-0.2, -0.15) is 0 Å². The Bertz CT molecular complexity index is 425. The molecule has 3 amide bonds. The number of hydrogen-bond donors (Lipinski definition) is 5. The van der Waals surface area contributed by atoms with Crippen molar-refractivity contribution < 1.29 is 24.3 Å². The Morgan fingerprint density at radius 3 is 2.09 bits per heavy atom. The Balaban J connectivity index is 4.86. The van der Waals surface area contributed by atoms with E-state index in [0.717, 1.165) is 0 Å². The van der Waals surface area contributed by atoms with Gasteiger partial charge in [-0.1, -0.05) is 13.8 Å². The van der Waals surface area contributed by atoms with Crippen LogP contribution >= 0.6 is 0 Å². The van der Waals surface area contributed by atoms with Crippen molar-refractivity contribution in [3.63, 3.8) is 0 Å². The molecule has 2 unspecified atom stereocenters. The van der Waals surface area contributed by atoms with Gasteiger partial charge in [0, 0.05) is 6.42 Å². The molecule has 9 heteroatoms. The third-order valence-corrected chi connectivity index (χ3v) is 2.84. The highest BCUT2D eigenvalue weighted by atomic mass is 16.4. The second kappa shape index (κ2) is 9.72. The van der Waals surface area contributed by atoms with Crippen molar-refractivity contribution in [1.29, 1.82) is 0 Å². The predicted octanol–water partition coefficient (Wildman–Crippen LogP) is -1.69. The number of primary amides is 1. The van der Waals surface area contributed by atoms with Crippen molar-refractivity contribution in [1.82, 2.24) is 10.6 Å². The number of nitrogens with one attached hydrogen (secondary N) is 2. The summed E-state index contributed by atoms with van der Waals surface area (Å²) in [4.78, 5) is 45.4. The monoisotopic (exact) mass is 316 g/mol. The van der Waals surface area contributed by atoms with Gasteiger partial charge in [0.2, 0.25) is 17.7 Å². The summed E-state index contributed by atoms with van der Waals surface area (Å²) in [5.74, 6) is -3.00. The second-order valence-electron chi connectivity index (χ2n) is 5.36. The Hall–Kier alpha value is -2.16. The van der Waals surface area contributed by atoms with E-state index in [1.807, 2.05) is 13.8 Å². The van der Waals surface area contributed by atoms with Crippen molar-refractivity contribution >= 4 is 23.7 Å². The first-order valence-corrected chi connectivity index (χ1v) is 6.98. The van der Waals surface area contributed by atoms with Gasteiger partial charge in [0.25, 0.3) is 0 Å². The van der Waals surface area contributed by atoms with E-state index in [2.05, 4.69) is 10.6 Å². The maximum atomic E-state index is 12.1. The molecule has 0 fully saturated rings. The summed E-state index contributed by atoms with van der Waals surface area (Å²) in [7, 11) is 0. The first-order valence-electron chi connectivity index (χ1n) is 6.98. The van der Waals surface area contributed by atoms with Crippen molar-refractivity contribution in [2.75, 3.05) is 6.54 Å². The second-order valence-corrected chi connectivity index (χ2v) is 5.36. The minimum absolute atomic E-state index is 0.0269. The van der Waals surface area contributed by atoms with Gasteiger partial charge < -0.3 is 27.2 Å². The van der Waals surface area contributed by atoms with Gasteiger partial charge in [-0.3, -0.25) is 14.4 Å². The summed E-state index contributed by atoms with van der Waals surface area (Å²) in [6.45, 7) is 3.32. The van der Waals surface area contributed by atoms with Gasteiger partial charge in [-0.15, -0.1) is 0 Å². The van der Waals surface area contributed by atoms with E-state index in [9.17, 15) is 19.2 Å². The topological polar surface area (TPSA) is 165 Å². The lowest BCUT2D eigenvalue weighted by Crippen LogP contribution is -2.53. The minimum Gasteiger partial charge on any atom is -0.480 e. The van der Waals surface area contributed by atoms with Gasteiger partial charge >= 0.3 is 5.97 Å². The average molecular weight is 316 g/mol. The number of amides is 3. The zero-order valence-electron chi connectivity index (χ0n) is 12.8. The number of rotatable bonds is 10. The molecule has 0 aliphatic rings. The standard InChI is InChI=1S/C13H24N4O5/c1-7(2)5-9(13(21)22)17-12(20)8(3-4-10(15)18)16-11(19)6-14/h7-9H,3-6,14H2,1-2H3,(H2,15,18)(H,16,19)(H,17,20)(H,21,22). The van der Waals surface area contributed by atoms with E-state index >= 15 is 0 Å². The predicted molar refractivity (Wildman–Crippen MR) is 78.4 cm³/mol. The fourth-order valence-electron chi connectivity index (χ4n) is 1.77. The maximum absolute atomic E-state index is 12.1. The van der Waals surface area contributed by atoms with Crippen molar-refractivity contribution in [2.24, 2.45) is 17.4 Å². The van der Waals surface area contributed by atoms with E-state index in [1.54, 1.807) is 0 Å². The smallest absolute Gasteiger partial charge is 0.326 e. The normalized spacial score (nSPS) is 13.3. The van der Waals surface area contributed by atoms with E-state index in [1.165, 1.54) is 0 Å². The molecule has 2 atom stereocenters. The third-order valence-electron chi connectivity index (χ3n) is 2.84. The molecule has 0 radical (unpaired) electrons. The lowest BCUT2D eigenvalue weighted by Gasteiger charge is -2.22. The van der Waals surface area contributed by atoms with Crippen molar-refractivity contribution in [2.45, 2.75) is 45.2 Å². The Morgan fingerprint density at radius 2 is 1.68 bits per heavy atom. The molecule has 0 heterocycles. The number of carboxylic acids is 1. The van der Waals surface area contributed by atoms with E-state index in [-0.39, 0.29) is 31.7 Å². The number of nitrogens with two attached hydrogens (primary N) is 2. The molecule has 0 aliphatic heterocycles. The number of carboxylic acid groups (broad SMARTS) is 1. The third kappa shape index (κ3) is 8.20. The lowest BCUT2D eigenvalue weighted by atomic mass is 10.0. The summed E-state index contributed by atoms with van der Waals surface area (Å²) >= 11 is 0. The zero-order chi connectivity index (χ0) is 17.3. The number of carbonyl (C=O) groups excluding carboxylic acids is 3. The van der Waals surface area contributed by atoms with Gasteiger partial charge in [0.05, 0.1) is 6.54 Å². The molecular formula is C13H24N4O5. The van der Waals surface area contributed by atoms with Crippen LogP contribution in [0.3, 0.4) is 0 Å². The minimum atomic E-state index is -1.17. The molecule has 0 aromatic heterocycles. The first kappa shape index (κ1) is 19.8. The van der Waals surface area contributed by atoms with Crippen LogP contribution in [0.5, 0.6) is 0 Å². The van der Waals surface area contributed by atoms with E-state index < -0.39 is 35.8 Å². The molecule has 9 nitrogen and oxygen atoms in total. The van der Waals surface area contributed by atoms with Gasteiger partial charge in [0.1, 0.15) is 12.1 Å². The highest BCUT2D eigenvalue weighted by molar-refractivity contribution is 5.91. The maximum Gasteiger partial charge on any atom is 0.326 e. The summed E-state index contributed by atoms with van der Waals surface area (Å²) in [6, 6.07) is -2.13. The van der Waals surface area contributed by atoms with Crippen LogP contribution in [0.2, 0.25) is 0 Å². The molecule has 0 spiro atoms. The number of aliphatic carboxylic acids is 1. The summed E-state index contributed by atoms with van der Waals surface area (Å²) in [6.07, 6.45) is 0.0974. The SMILES string of the molecule is CC(C)CC(NC(=O)C(CCC(N)=O)NC(=O)CN)C(=O)O. The first-order chi connectivity index (χ1) is 10.2. The van der Waals surface area contributed by atoms with Crippen LogP contribution in [-0.2, 0) is 19.2 Å². The molecule has 22 heavy (non-hydrogen) atoms. The highest BCUT2D eigenvalue weighted by Gasteiger charge is 2.27. The van der Waals surface area contributed by atoms with E-state index in [0.29, 0.717) is 0 Å². The van der Waals surface area contributed by atoms with Crippen LogP contribution in [0.15, 0.2) is 0 Å². The molecule has 0 aliphatic carbocycles. The Kier molecular flexibility index (Phi) is 8.76. The molecule has 0 saturated carbocycles. The Morgan fingerprint density at radius 1 is 1.09 bits per heavy atom. The molecule has 0 saturated heterocycles. The summed E-state index contributed by atoms with van der Waals surface area (Å²) in [5, 5.41) is 13.8. The summed E-state index contributed by atoms with van der Waals surface area (Å²) in [5.41, 5.74) is 10.2. The van der Waals surface area contributed by atoms with Gasteiger partial charge in [0.15, 0.2) is 0 Å². The lowest BCUT2D eigenvalue weighted by molar-refractivity contribution is -0.142. The van der Waals surface area contributed by atoms with Crippen LogP contribution in [0, 0.1) is 5.92 Å². The van der Waals surface area contributed by atoms with E-state index in [4.69, 9.17) is 16.6 Å². The van der Waals surface area contributed by atoms with Crippen LogP contribution in [0.25, 0.3) is 0 Å². The van der Waals surface area contributed by atoms with Crippen molar-refractivity contribution in [3.8, 4) is 0 Å². The fraction of sp³-hybridized carbons (Fsp3) is 0.692. The average Bonchev–Trinajstić information content (AvgIpc) is 2.41. The fourth-order valence-corrected chi connectivity index (χ4v) is 1.77. The van der Waals surface area contributed by atoms with Crippen LogP contribution < -0.4 is 22.1 Å².